The molecule has 8 nitrogen and oxygen atoms in total. The van der Waals surface area contributed by atoms with E-state index in [1.54, 1.807) is 23.2 Å². The van der Waals surface area contributed by atoms with Gasteiger partial charge in [0.1, 0.15) is 5.69 Å². The Morgan fingerprint density at radius 2 is 2.03 bits per heavy atom. The van der Waals surface area contributed by atoms with Gasteiger partial charge in [0.25, 0.3) is 0 Å². The van der Waals surface area contributed by atoms with Crippen LogP contribution in [-0.4, -0.2) is 57.7 Å². The molecule has 1 atom stereocenters. The van der Waals surface area contributed by atoms with Gasteiger partial charge in [-0.2, -0.15) is 5.10 Å². The SMILES string of the molecule is NC(=O)C1CCCN(CCCNC(=O)/C=C/c2cn(-c3ccccc3)nc2-c2cccnc2)C1. The third-order valence-electron chi connectivity index (χ3n) is 5.97. The number of pyridine rings is 1. The van der Waals surface area contributed by atoms with Gasteiger partial charge in [-0.15, -0.1) is 0 Å². The number of rotatable bonds is 9. The van der Waals surface area contributed by atoms with Crippen LogP contribution in [0.5, 0.6) is 0 Å². The van der Waals surface area contributed by atoms with Gasteiger partial charge in [-0.25, -0.2) is 4.68 Å². The number of hydrogen-bond donors (Lipinski definition) is 2. The summed E-state index contributed by atoms with van der Waals surface area (Å²) in [5.41, 5.74) is 8.86. The lowest BCUT2D eigenvalue weighted by Crippen LogP contribution is -2.42. The zero-order valence-corrected chi connectivity index (χ0v) is 19.1. The van der Waals surface area contributed by atoms with Crippen LogP contribution < -0.4 is 11.1 Å². The molecule has 176 valence electrons. The number of carbonyl (C=O) groups excluding carboxylic acids is 2. The number of nitrogens with one attached hydrogen (secondary N) is 1. The van der Waals surface area contributed by atoms with E-state index >= 15 is 0 Å². The second kappa shape index (κ2) is 11.4. The van der Waals surface area contributed by atoms with E-state index in [9.17, 15) is 9.59 Å². The summed E-state index contributed by atoms with van der Waals surface area (Å²) < 4.78 is 1.80. The molecule has 4 rings (SSSR count). The van der Waals surface area contributed by atoms with E-state index in [1.165, 1.54) is 6.08 Å². The zero-order valence-electron chi connectivity index (χ0n) is 19.1. The monoisotopic (exact) mass is 458 g/mol. The van der Waals surface area contributed by atoms with Gasteiger partial charge in [0.05, 0.1) is 11.6 Å². The number of amides is 2. The van der Waals surface area contributed by atoms with E-state index < -0.39 is 0 Å². The maximum Gasteiger partial charge on any atom is 0.244 e. The standard InChI is InChI=1S/C26H30N6O2/c27-26(34)22-8-5-15-31(18-22)16-6-14-29-24(33)12-11-21-19-32(23-9-2-1-3-10-23)30-25(21)20-7-4-13-28-17-20/h1-4,7,9-13,17,19,22H,5-6,8,14-16,18H2,(H2,27,34)(H,29,33)/b12-11+. The summed E-state index contributed by atoms with van der Waals surface area (Å²) in [4.78, 5) is 30.3. The van der Waals surface area contributed by atoms with Gasteiger partial charge >= 0.3 is 0 Å². The van der Waals surface area contributed by atoms with Crippen molar-refractivity contribution in [2.45, 2.75) is 19.3 Å². The Kier molecular flexibility index (Phi) is 7.83. The van der Waals surface area contributed by atoms with Crippen molar-refractivity contribution in [1.82, 2.24) is 25.0 Å². The van der Waals surface area contributed by atoms with Crippen LogP contribution in [0.25, 0.3) is 23.0 Å². The molecule has 0 spiro atoms. The smallest absolute Gasteiger partial charge is 0.244 e. The molecule has 1 aliphatic heterocycles. The van der Waals surface area contributed by atoms with Crippen LogP contribution in [0.4, 0.5) is 0 Å². The average Bonchev–Trinajstić information content (AvgIpc) is 3.31. The van der Waals surface area contributed by atoms with E-state index in [-0.39, 0.29) is 17.7 Å². The maximum absolute atomic E-state index is 12.4. The molecule has 1 unspecified atom stereocenters. The van der Waals surface area contributed by atoms with Gasteiger partial charge in [-0.1, -0.05) is 18.2 Å². The van der Waals surface area contributed by atoms with Crippen molar-refractivity contribution in [2.24, 2.45) is 11.7 Å². The van der Waals surface area contributed by atoms with Crippen LogP contribution in [0, 0.1) is 5.92 Å². The number of nitrogens with zero attached hydrogens (tertiary/aromatic N) is 4. The third kappa shape index (κ3) is 6.17. The lowest BCUT2D eigenvalue weighted by molar-refractivity contribution is -0.123. The van der Waals surface area contributed by atoms with E-state index in [4.69, 9.17) is 10.8 Å². The lowest BCUT2D eigenvalue weighted by atomic mass is 9.97. The molecule has 2 aromatic heterocycles. The normalized spacial score (nSPS) is 16.5. The number of nitrogens with two attached hydrogens (primary N) is 1. The third-order valence-corrected chi connectivity index (χ3v) is 5.97. The first-order valence-corrected chi connectivity index (χ1v) is 11.6. The van der Waals surface area contributed by atoms with Gasteiger partial charge < -0.3 is 16.0 Å². The van der Waals surface area contributed by atoms with Crippen molar-refractivity contribution in [3.8, 4) is 16.9 Å². The molecule has 3 aromatic rings. The van der Waals surface area contributed by atoms with Gasteiger partial charge in [0, 0.05) is 48.9 Å². The second-order valence-corrected chi connectivity index (χ2v) is 8.47. The van der Waals surface area contributed by atoms with Gasteiger partial charge in [0.2, 0.25) is 11.8 Å². The van der Waals surface area contributed by atoms with Crippen molar-refractivity contribution < 1.29 is 9.59 Å². The highest BCUT2D eigenvalue weighted by molar-refractivity contribution is 5.92. The molecule has 1 aromatic carbocycles. The summed E-state index contributed by atoms with van der Waals surface area (Å²) in [5.74, 6) is -0.431. The molecule has 34 heavy (non-hydrogen) atoms. The number of hydrogen-bond acceptors (Lipinski definition) is 5. The Bertz CT molecular complexity index is 1130. The largest absolute Gasteiger partial charge is 0.369 e. The first-order chi connectivity index (χ1) is 16.6. The summed E-state index contributed by atoms with van der Waals surface area (Å²) in [6.07, 6.45) is 11.4. The summed E-state index contributed by atoms with van der Waals surface area (Å²) in [7, 11) is 0. The lowest BCUT2D eigenvalue weighted by Gasteiger charge is -2.31. The molecule has 0 bridgehead atoms. The summed E-state index contributed by atoms with van der Waals surface area (Å²) >= 11 is 0. The highest BCUT2D eigenvalue weighted by atomic mass is 16.1. The summed E-state index contributed by atoms with van der Waals surface area (Å²) in [6, 6.07) is 13.7. The highest BCUT2D eigenvalue weighted by Gasteiger charge is 2.23. The number of benzene rings is 1. The van der Waals surface area contributed by atoms with Crippen LogP contribution in [-0.2, 0) is 9.59 Å². The molecule has 1 aliphatic rings. The number of likely N-dealkylation sites (tertiary alicyclic amines) is 1. The predicted octanol–water partition coefficient (Wildman–Crippen LogP) is 2.65. The summed E-state index contributed by atoms with van der Waals surface area (Å²) in [5, 5.41) is 7.67. The van der Waals surface area contributed by atoms with Crippen LogP contribution in [0.2, 0.25) is 0 Å². The average molecular weight is 459 g/mol. The Morgan fingerprint density at radius 3 is 2.79 bits per heavy atom. The molecule has 0 radical (unpaired) electrons. The van der Waals surface area contributed by atoms with Crippen LogP contribution in [0.3, 0.4) is 0 Å². The molecule has 0 aliphatic carbocycles. The molecule has 3 heterocycles. The van der Waals surface area contributed by atoms with Crippen LogP contribution in [0.15, 0.2) is 67.1 Å². The Morgan fingerprint density at radius 1 is 1.18 bits per heavy atom. The minimum absolute atomic E-state index is 0.0583. The Labute approximate surface area is 199 Å². The Balaban J connectivity index is 1.35. The molecule has 2 amide bonds. The fraction of sp³-hybridized carbons (Fsp3) is 0.308. The fourth-order valence-corrected chi connectivity index (χ4v) is 4.18. The number of para-hydroxylation sites is 1. The Hall–Kier alpha value is -3.78. The molecule has 3 N–H and O–H groups in total. The molecule has 1 fully saturated rings. The van der Waals surface area contributed by atoms with E-state index in [1.807, 2.05) is 48.7 Å². The number of carbonyl (C=O) groups is 2. The van der Waals surface area contributed by atoms with Crippen molar-refractivity contribution in [2.75, 3.05) is 26.2 Å². The molecule has 0 saturated carbocycles. The quantitative estimate of drug-likeness (QED) is 0.379. The zero-order chi connectivity index (χ0) is 23.8. The minimum Gasteiger partial charge on any atom is -0.369 e. The number of primary amides is 1. The topological polar surface area (TPSA) is 106 Å². The van der Waals surface area contributed by atoms with Crippen molar-refractivity contribution in [1.29, 1.82) is 0 Å². The maximum atomic E-state index is 12.4. The predicted molar refractivity (Wildman–Crippen MR) is 132 cm³/mol. The molecular weight excluding hydrogens is 428 g/mol. The molecule has 1 saturated heterocycles. The first-order valence-electron chi connectivity index (χ1n) is 11.6. The van der Waals surface area contributed by atoms with Crippen LogP contribution in [0.1, 0.15) is 24.8 Å². The second-order valence-electron chi connectivity index (χ2n) is 8.47. The molecule has 8 heteroatoms. The molecular formula is C26H30N6O2. The van der Waals surface area contributed by atoms with Crippen molar-refractivity contribution in [3.05, 3.63) is 72.7 Å². The minimum atomic E-state index is -0.218. The van der Waals surface area contributed by atoms with Gasteiger partial charge in [-0.05, 0) is 62.7 Å². The number of piperidine rings is 1. The van der Waals surface area contributed by atoms with Gasteiger partial charge in [-0.3, -0.25) is 14.6 Å². The highest BCUT2D eigenvalue weighted by Crippen LogP contribution is 2.24. The summed E-state index contributed by atoms with van der Waals surface area (Å²) in [6.45, 7) is 3.09. The number of aromatic nitrogens is 3. The van der Waals surface area contributed by atoms with Gasteiger partial charge in [0.15, 0.2) is 0 Å². The van der Waals surface area contributed by atoms with Crippen molar-refractivity contribution in [3.63, 3.8) is 0 Å². The van der Waals surface area contributed by atoms with E-state index in [2.05, 4.69) is 15.2 Å². The fourth-order valence-electron chi connectivity index (χ4n) is 4.18. The van der Waals surface area contributed by atoms with E-state index in [0.717, 1.165) is 54.9 Å². The van der Waals surface area contributed by atoms with Crippen LogP contribution >= 0.6 is 0 Å². The first kappa shape index (κ1) is 23.4. The van der Waals surface area contributed by atoms with Crippen molar-refractivity contribution >= 4 is 17.9 Å². The van der Waals surface area contributed by atoms with E-state index in [0.29, 0.717) is 13.1 Å².